The lowest BCUT2D eigenvalue weighted by atomic mass is 10.0. The fourth-order valence-electron chi connectivity index (χ4n) is 4.03. The third-order valence-corrected chi connectivity index (χ3v) is 5.42. The molecule has 1 aromatic carbocycles. The van der Waals surface area contributed by atoms with E-state index in [-0.39, 0.29) is 11.8 Å². The summed E-state index contributed by atoms with van der Waals surface area (Å²) in [6.45, 7) is 10.7. The minimum atomic E-state index is -0.0407. The smallest absolute Gasteiger partial charge is 0.251 e. The number of rotatable bonds is 6. The number of nitrogens with zero attached hydrogens (tertiary/aromatic N) is 2. The molecule has 0 radical (unpaired) electrons. The van der Waals surface area contributed by atoms with Crippen LogP contribution in [0.3, 0.4) is 0 Å². The summed E-state index contributed by atoms with van der Waals surface area (Å²) in [5.74, 6) is 0.585. The molecule has 2 aliphatic rings. The summed E-state index contributed by atoms with van der Waals surface area (Å²) >= 11 is 0. The van der Waals surface area contributed by atoms with Crippen LogP contribution in [0.2, 0.25) is 0 Å². The number of carbonyl (C=O) groups is 2. The summed E-state index contributed by atoms with van der Waals surface area (Å²) in [5, 5.41) is 3.12. The normalized spacial score (nSPS) is 18.4. The molecule has 1 fully saturated rings. The van der Waals surface area contributed by atoms with E-state index in [0.717, 1.165) is 50.4 Å². The van der Waals surface area contributed by atoms with E-state index in [1.54, 1.807) is 11.8 Å². The maximum Gasteiger partial charge on any atom is 0.251 e. The molecule has 0 aromatic heterocycles. The molecule has 1 atom stereocenters. The highest BCUT2D eigenvalue weighted by Gasteiger charge is 2.25. The van der Waals surface area contributed by atoms with Crippen molar-refractivity contribution >= 4 is 17.5 Å². The Bertz CT molecular complexity index is 683. The summed E-state index contributed by atoms with van der Waals surface area (Å²) in [6.07, 6.45) is 1.86. The molecular formula is C21H31N3O3. The molecule has 2 amide bonds. The Balaban J connectivity index is 1.63. The van der Waals surface area contributed by atoms with Gasteiger partial charge in [-0.1, -0.05) is 13.8 Å². The van der Waals surface area contributed by atoms with Crippen molar-refractivity contribution in [3.8, 4) is 0 Å². The van der Waals surface area contributed by atoms with Crippen molar-refractivity contribution in [2.75, 3.05) is 44.3 Å². The van der Waals surface area contributed by atoms with E-state index < -0.39 is 0 Å². The first kappa shape index (κ1) is 19.8. The van der Waals surface area contributed by atoms with Crippen LogP contribution in [0.25, 0.3) is 0 Å². The minimum Gasteiger partial charge on any atom is -0.379 e. The number of amides is 2. The highest BCUT2D eigenvalue weighted by atomic mass is 16.5. The van der Waals surface area contributed by atoms with E-state index in [4.69, 9.17) is 4.74 Å². The molecule has 2 aliphatic heterocycles. The number of benzene rings is 1. The van der Waals surface area contributed by atoms with Gasteiger partial charge < -0.3 is 15.0 Å². The van der Waals surface area contributed by atoms with Crippen LogP contribution >= 0.6 is 0 Å². The van der Waals surface area contributed by atoms with E-state index in [9.17, 15) is 9.59 Å². The second-order valence-electron chi connectivity index (χ2n) is 7.91. The largest absolute Gasteiger partial charge is 0.379 e. The monoisotopic (exact) mass is 373 g/mol. The third-order valence-electron chi connectivity index (χ3n) is 5.42. The van der Waals surface area contributed by atoms with Crippen LogP contribution < -0.4 is 10.2 Å². The average Bonchev–Trinajstić information content (AvgIpc) is 3.08. The lowest BCUT2D eigenvalue weighted by Crippen LogP contribution is -2.49. The highest BCUT2D eigenvalue weighted by molar-refractivity contribution is 5.97. The van der Waals surface area contributed by atoms with Gasteiger partial charge in [-0.25, -0.2) is 0 Å². The number of hydrogen-bond donors (Lipinski definition) is 1. The molecule has 27 heavy (non-hydrogen) atoms. The Morgan fingerprint density at radius 2 is 1.93 bits per heavy atom. The van der Waals surface area contributed by atoms with Gasteiger partial charge in [0.25, 0.3) is 5.91 Å². The number of morpholine rings is 1. The number of carbonyl (C=O) groups excluding carboxylic acids is 2. The highest BCUT2D eigenvalue weighted by Crippen LogP contribution is 2.28. The lowest BCUT2D eigenvalue weighted by molar-refractivity contribution is -0.116. The van der Waals surface area contributed by atoms with E-state index in [1.807, 2.05) is 18.2 Å². The fraction of sp³-hybridized carbons (Fsp3) is 0.619. The lowest BCUT2D eigenvalue weighted by Gasteiger charge is -2.35. The number of ether oxygens (including phenoxy) is 1. The molecule has 0 aliphatic carbocycles. The van der Waals surface area contributed by atoms with Gasteiger partial charge in [0.05, 0.1) is 13.2 Å². The molecule has 3 rings (SSSR count). The van der Waals surface area contributed by atoms with Crippen LogP contribution in [0.5, 0.6) is 0 Å². The molecule has 0 bridgehead atoms. The van der Waals surface area contributed by atoms with Gasteiger partial charge in [-0.15, -0.1) is 0 Å². The Kier molecular flexibility index (Phi) is 6.50. The van der Waals surface area contributed by atoms with Crippen molar-refractivity contribution in [1.82, 2.24) is 10.2 Å². The third kappa shape index (κ3) is 4.87. The van der Waals surface area contributed by atoms with Gasteiger partial charge in [-0.05, 0) is 42.5 Å². The first-order valence-electron chi connectivity index (χ1n) is 9.96. The summed E-state index contributed by atoms with van der Waals surface area (Å²) in [4.78, 5) is 28.6. The van der Waals surface area contributed by atoms with Crippen LogP contribution in [-0.2, 0) is 16.0 Å². The molecule has 148 valence electrons. The molecule has 1 saturated heterocycles. The van der Waals surface area contributed by atoms with Crippen molar-refractivity contribution < 1.29 is 14.3 Å². The zero-order valence-electron chi connectivity index (χ0n) is 16.7. The van der Waals surface area contributed by atoms with Crippen LogP contribution in [-0.4, -0.2) is 62.1 Å². The van der Waals surface area contributed by atoms with Crippen molar-refractivity contribution in [3.05, 3.63) is 29.3 Å². The molecule has 6 heteroatoms. The predicted molar refractivity (Wildman–Crippen MR) is 106 cm³/mol. The standard InChI is InChI=1S/C21H31N3O3/c1-15(2)12-19(23-8-10-27-11-9-23)14-22-21(26)18-4-5-20-17(13-18)6-7-24(20)16(3)25/h4-5,13,15,19H,6-12,14H2,1-3H3,(H,22,26). The Labute approximate surface area is 161 Å². The first-order chi connectivity index (χ1) is 13.0. The molecule has 0 saturated carbocycles. The SMILES string of the molecule is CC(=O)N1CCc2cc(C(=O)NCC(CC(C)C)N3CCOCC3)ccc21. The van der Waals surface area contributed by atoms with Crippen molar-refractivity contribution in [2.24, 2.45) is 5.92 Å². The molecule has 1 unspecified atom stereocenters. The molecule has 2 heterocycles. The topological polar surface area (TPSA) is 61.9 Å². The van der Waals surface area contributed by atoms with Crippen LogP contribution in [0, 0.1) is 5.92 Å². The maximum absolute atomic E-state index is 12.7. The van der Waals surface area contributed by atoms with E-state index in [0.29, 0.717) is 30.6 Å². The molecule has 0 spiro atoms. The number of nitrogens with one attached hydrogen (secondary N) is 1. The van der Waals surface area contributed by atoms with Crippen LogP contribution in [0.1, 0.15) is 43.1 Å². The first-order valence-corrected chi connectivity index (χ1v) is 9.96. The number of anilines is 1. The van der Waals surface area contributed by atoms with Gasteiger partial charge in [-0.2, -0.15) is 0 Å². The summed E-state index contributed by atoms with van der Waals surface area (Å²) in [7, 11) is 0. The second-order valence-corrected chi connectivity index (χ2v) is 7.91. The van der Waals surface area contributed by atoms with Gasteiger partial charge in [-0.3, -0.25) is 14.5 Å². The summed E-state index contributed by atoms with van der Waals surface area (Å²) in [6, 6.07) is 5.98. The second kappa shape index (κ2) is 8.85. The Hall–Kier alpha value is -1.92. The summed E-state index contributed by atoms with van der Waals surface area (Å²) < 4.78 is 5.46. The van der Waals surface area contributed by atoms with Crippen molar-refractivity contribution in [3.63, 3.8) is 0 Å². The van der Waals surface area contributed by atoms with Crippen LogP contribution in [0.4, 0.5) is 5.69 Å². The van der Waals surface area contributed by atoms with Crippen molar-refractivity contribution in [1.29, 1.82) is 0 Å². The van der Waals surface area contributed by atoms with Gasteiger partial charge in [0, 0.05) is 50.4 Å². The van der Waals surface area contributed by atoms with Gasteiger partial charge in [0.1, 0.15) is 0 Å². The molecule has 1 N–H and O–H groups in total. The van der Waals surface area contributed by atoms with E-state index in [1.165, 1.54) is 0 Å². The number of fused-ring (bicyclic) bond motifs is 1. The number of hydrogen-bond acceptors (Lipinski definition) is 4. The maximum atomic E-state index is 12.7. The van der Waals surface area contributed by atoms with Gasteiger partial charge in [0.2, 0.25) is 5.91 Å². The fourth-order valence-corrected chi connectivity index (χ4v) is 4.03. The van der Waals surface area contributed by atoms with E-state index in [2.05, 4.69) is 24.1 Å². The average molecular weight is 373 g/mol. The van der Waals surface area contributed by atoms with Crippen LogP contribution in [0.15, 0.2) is 18.2 Å². The molecule has 1 aromatic rings. The zero-order valence-corrected chi connectivity index (χ0v) is 16.7. The predicted octanol–water partition coefficient (Wildman–Crippen LogP) is 2.07. The minimum absolute atomic E-state index is 0.0407. The molecule has 6 nitrogen and oxygen atoms in total. The van der Waals surface area contributed by atoms with Gasteiger partial charge in [0.15, 0.2) is 0 Å². The van der Waals surface area contributed by atoms with E-state index >= 15 is 0 Å². The van der Waals surface area contributed by atoms with Crippen molar-refractivity contribution in [2.45, 2.75) is 39.7 Å². The molecular weight excluding hydrogens is 342 g/mol. The zero-order chi connectivity index (χ0) is 19.4. The van der Waals surface area contributed by atoms with Gasteiger partial charge >= 0.3 is 0 Å². The Morgan fingerprint density at radius 3 is 2.59 bits per heavy atom. The Morgan fingerprint density at radius 1 is 1.19 bits per heavy atom. The quantitative estimate of drug-likeness (QED) is 0.829. The summed E-state index contributed by atoms with van der Waals surface area (Å²) in [5.41, 5.74) is 2.68.